The zero-order valence-electron chi connectivity index (χ0n) is 39.9. The first-order valence-corrected chi connectivity index (χ1v) is 28.0. The second kappa shape index (κ2) is 15.1. The maximum absolute atomic E-state index is 7.16. The first kappa shape index (κ1) is 41.2. The summed E-state index contributed by atoms with van der Waals surface area (Å²) in [7, 11) is -1.74. The quantitative estimate of drug-likeness (QED) is 0.125. The monoisotopic (exact) mass is 879 g/mol. The molecule has 328 valence electrons. The van der Waals surface area contributed by atoms with Crippen LogP contribution in [0.4, 0.5) is 0 Å². The van der Waals surface area contributed by atoms with E-state index in [9.17, 15) is 0 Å². The van der Waals surface area contributed by atoms with Crippen LogP contribution in [0.1, 0.15) is 105 Å². The van der Waals surface area contributed by atoms with Gasteiger partial charge in [0, 0.05) is 56.1 Å². The molecular weight excluding hydrogens is 819 g/mol. The maximum Gasteiger partial charge on any atom is 0.304 e. The predicted octanol–water partition coefficient (Wildman–Crippen LogP) is 14.6. The molecule has 4 nitrogen and oxygen atoms in total. The first-order valence-electron chi connectivity index (χ1n) is 24.5. The molecule has 9 aromatic rings. The number of allylic oxidation sites excluding steroid dienone is 1. The molecule has 0 radical (unpaired) electrons. The Morgan fingerprint density at radius 3 is 2.32 bits per heavy atom. The van der Waals surface area contributed by atoms with Crippen LogP contribution in [0.25, 0.3) is 78.1 Å². The van der Waals surface area contributed by atoms with Gasteiger partial charge >= 0.3 is 5.82 Å². The molecular formula is C61H61N3OSi+2. The fourth-order valence-corrected chi connectivity index (χ4v) is 14.1. The van der Waals surface area contributed by atoms with Crippen molar-refractivity contribution in [3.05, 3.63) is 174 Å². The molecule has 3 aliphatic heterocycles. The van der Waals surface area contributed by atoms with Gasteiger partial charge < -0.3 is 4.42 Å². The smallest absolute Gasteiger partial charge is 0.304 e. The minimum absolute atomic E-state index is 0.181. The highest BCUT2D eigenvalue weighted by molar-refractivity contribution is 6.89. The molecule has 0 spiro atoms. The van der Waals surface area contributed by atoms with Crippen molar-refractivity contribution in [2.45, 2.75) is 104 Å². The highest BCUT2D eigenvalue weighted by Crippen LogP contribution is 2.51. The van der Waals surface area contributed by atoms with Crippen molar-refractivity contribution in [3.63, 3.8) is 0 Å². The van der Waals surface area contributed by atoms with Gasteiger partial charge in [0.15, 0.2) is 28.9 Å². The van der Waals surface area contributed by atoms with Gasteiger partial charge in [-0.05, 0) is 89.2 Å². The summed E-state index contributed by atoms with van der Waals surface area (Å²) in [6.07, 6.45) is 6.44. The van der Waals surface area contributed by atoms with Crippen LogP contribution in [-0.2, 0) is 12.8 Å². The second-order valence-electron chi connectivity index (χ2n) is 21.5. The highest BCUT2D eigenvalue weighted by Gasteiger charge is 2.47. The van der Waals surface area contributed by atoms with Crippen LogP contribution >= 0.6 is 0 Å². The lowest BCUT2D eigenvalue weighted by molar-refractivity contribution is -0.719. The van der Waals surface area contributed by atoms with E-state index in [0.29, 0.717) is 5.92 Å². The number of para-hydroxylation sites is 2. The van der Waals surface area contributed by atoms with Gasteiger partial charge in [0.25, 0.3) is 0 Å². The topological polar surface area (TPSA) is 25.8 Å². The number of rotatable bonds is 5. The number of imidazole rings is 1. The highest BCUT2D eigenvalue weighted by atomic mass is 28.3. The standard InChI is InChI=1S/C61H61N3OSi/c1-36(2)30-43-34-54-46-21-14-13-20-45(46)47-28-26-41-27-29-49-48-22-15-16-25-55(48)65-60(49)57(41)61-63(38(5)31-53(47)62(54)35-56(43)66(7,8)9)52-24-17-23-44-39(6)51-33-42(40-18-11-10-12-19-40)32-50(37(3)4)58(51)64(61)59(44)52/h10-25,27,29,32-37,39,47,53H,5,26,28,30-31H2,1-4,6-9H3/q+2. The summed E-state index contributed by atoms with van der Waals surface area (Å²) in [5, 5.41) is 3.90. The summed E-state index contributed by atoms with van der Waals surface area (Å²) in [6, 6.07) is 48.4. The number of pyridine rings is 1. The SMILES string of the molecule is C=C1CC2C(CCc3ccc4c(oc5ccccc54)c3-c3n4c5c(cccc5[n+]31)C(C)c1cc(-c3ccccc3)cc(C(C)C)c1-4)c1ccccc1-c1cc(CC(C)C)c([Si](C)(C)C)c[n+]12. The van der Waals surface area contributed by atoms with Crippen LogP contribution in [0, 0.1) is 5.92 Å². The second-order valence-corrected chi connectivity index (χ2v) is 26.5. The number of aromatic nitrogens is 3. The van der Waals surface area contributed by atoms with E-state index in [1.165, 1.54) is 78.0 Å². The van der Waals surface area contributed by atoms with E-state index in [1.807, 2.05) is 0 Å². The maximum atomic E-state index is 7.16. The van der Waals surface area contributed by atoms with Crippen molar-refractivity contribution in [2.24, 2.45) is 5.92 Å². The normalized spacial score (nSPS) is 17.7. The molecule has 0 N–H and O–H groups in total. The molecule has 3 unspecified atom stereocenters. The largest absolute Gasteiger partial charge is 0.455 e. The fraction of sp³-hybridized carbons (Fsp3) is 0.279. The Balaban J connectivity index is 1.19. The Hall–Kier alpha value is -6.30. The van der Waals surface area contributed by atoms with Crippen molar-refractivity contribution in [2.75, 3.05) is 0 Å². The average Bonchev–Trinajstić information content (AvgIpc) is 3.86. The number of aryl methyl sites for hydroxylation is 1. The van der Waals surface area contributed by atoms with E-state index in [1.54, 1.807) is 5.19 Å². The van der Waals surface area contributed by atoms with Gasteiger partial charge in [-0.15, -0.1) is 0 Å². The number of fused-ring (bicyclic) bond motifs is 17. The van der Waals surface area contributed by atoms with Crippen molar-refractivity contribution in [3.8, 4) is 39.5 Å². The summed E-state index contributed by atoms with van der Waals surface area (Å²) in [5.41, 5.74) is 21.6. The van der Waals surface area contributed by atoms with E-state index in [4.69, 9.17) is 11.0 Å². The van der Waals surface area contributed by atoms with Crippen LogP contribution in [0.15, 0.2) is 145 Å². The number of benzene rings is 6. The molecule has 3 aromatic heterocycles. The molecule has 12 rings (SSSR count). The predicted molar refractivity (Wildman–Crippen MR) is 277 cm³/mol. The summed E-state index contributed by atoms with van der Waals surface area (Å²) < 4.78 is 15.1. The molecule has 3 atom stereocenters. The average molecular weight is 880 g/mol. The molecule has 6 heterocycles. The Morgan fingerprint density at radius 2 is 1.53 bits per heavy atom. The van der Waals surface area contributed by atoms with Gasteiger partial charge in [-0.2, -0.15) is 13.7 Å². The van der Waals surface area contributed by atoms with E-state index in [0.717, 1.165) is 59.1 Å². The third-order valence-corrected chi connectivity index (χ3v) is 17.5. The van der Waals surface area contributed by atoms with Crippen molar-refractivity contribution in [1.82, 2.24) is 4.57 Å². The molecule has 0 fully saturated rings. The molecule has 3 aliphatic rings. The Kier molecular flexibility index (Phi) is 9.42. The van der Waals surface area contributed by atoms with Gasteiger partial charge in [0.1, 0.15) is 22.5 Å². The van der Waals surface area contributed by atoms with Gasteiger partial charge in [-0.1, -0.05) is 152 Å². The van der Waals surface area contributed by atoms with Gasteiger partial charge in [-0.3, -0.25) is 0 Å². The van der Waals surface area contributed by atoms with Crippen LogP contribution < -0.4 is 14.3 Å². The Labute approximate surface area is 390 Å². The molecule has 0 amide bonds. The van der Waals surface area contributed by atoms with Gasteiger partial charge in [0.05, 0.1) is 14.5 Å². The van der Waals surface area contributed by atoms with Crippen LogP contribution in [0.3, 0.4) is 0 Å². The van der Waals surface area contributed by atoms with E-state index < -0.39 is 8.07 Å². The first-order chi connectivity index (χ1) is 31.9. The number of hydrogen-bond acceptors (Lipinski definition) is 1. The zero-order valence-corrected chi connectivity index (χ0v) is 40.9. The molecule has 0 saturated carbocycles. The molecule has 0 bridgehead atoms. The Bertz CT molecular complexity index is 3470. The zero-order chi connectivity index (χ0) is 45.3. The molecule has 5 heteroatoms. The molecule has 6 aromatic carbocycles. The molecule has 0 aliphatic carbocycles. The molecule has 0 saturated heterocycles. The van der Waals surface area contributed by atoms with Crippen LogP contribution in [0.2, 0.25) is 19.6 Å². The summed E-state index contributed by atoms with van der Waals surface area (Å²) in [6.45, 7) is 24.7. The van der Waals surface area contributed by atoms with Crippen molar-refractivity contribution < 1.29 is 13.6 Å². The number of nitrogens with zero attached hydrogens (tertiary/aromatic N) is 3. The minimum atomic E-state index is -1.74. The van der Waals surface area contributed by atoms with Crippen molar-refractivity contribution >= 4 is 51.9 Å². The lowest BCUT2D eigenvalue weighted by Crippen LogP contribution is -2.54. The molecule has 66 heavy (non-hydrogen) atoms. The summed E-state index contributed by atoms with van der Waals surface area (Å²) in [5.74, 6) is 2.47. The van der Waals surface area contributed by atoms with E-state index >= 15 is 0 Å². The fourth-order valence-electron chi connectivity index (χ4n) is 12.4. The van der Waals surface area contributed by atoms with Gasteiger partial charge in [0.2, 0.25) is 5.69 Å². The van der Waals surface area contributed by atoms with E-state index in [-0.39, 0.29) is 23.8 Å². The number of furan rings is 1. The van der Waals surface area contributed by atoms with Gasteiger partial charge in [-0.25, -0.2) is 0 Å². The third kappa shape index (κ3) is 6.15. The van der Waals surface area contributed by atoms with Crippen molar-refractivity contribution in [1.29, 1.82) is 0 Å². The van der Waals surface area contributed by atoms with Crippen LogP contribution in [0.5, 0.6) is 0 Å². The summed E-state index contributed by atoms with van der Waals surface area (Å²) in [4.78, 5) is 0. The lowest BCUT2D eigenvalue weighted by Gasteiger charge is -2.33. The minimum Gasteiger partial charge on any atom is -0.455 e. The third-order valence-electron chi connectivity index (χ3n) is 15.4. The van der Waals surface area contributed by atoms with Crippen LogP contribution in [-0.4, -0.2) is 12.6 Å². The Morgan fingerprint density at radius 1 is 0.773 bits per heavy atom. The van der Waals surface area contributed by atoms with E-state index in [2.05, 4.69) is 202 Å². The lowest BCUT2D eigenvalue weighted by atomic mass is 9.77. The number of hydrogen-bond donors (Lipinski definition) is 0. The summed E-state index contributed by atoms with van der Waals surface area (Å²) >= 11 is 0.